The second-order valence-corrected chi connectivity index (χ2v) is 9.50. The van der Waals surface area contributed by atoms with Crippen LogP contribution < -0.4 is 0 Å². The molecular formula is C24H15F6N3O4S. The van der Waals surface area contributed by atoms with Gasteiger partial charge in [0.05, 0.1) is 40.9 Å². The van der Waals surface area contributed by atoms with Crippen LogP contribution in [0.3, 0.4) is 0 Å². The lowest BCUT2D eigenvalue weighted by Gasteiger charge is -2.16. The lowest BCUT2D eigenvalue weighted by atomic mass is 10.0. The largest absolute Gasteiger partial charge is 0.464 e. The molecule has 198 valence electrons. The number of aromatic nitrogens is 2. The Bertz CT molecular complexity index is 1510. The van der Waals surface area contributed by atoms with Gasteiger partial charge in [0, 0.05) is 11.8 Å². The Kier molecular flexibility index (Phi) is 6.24. The van der Waals surface area contributed by atoms with Crippen molar-refractivity contribution in [3.05, 3.63) is 69.8 Å². The van der Waals surface area contributed by atoms with E-state index in [4.69, 9.17) is 4.74 Å². The van der Waals surface area contributed by atoms with Gasteiger partial charge in [0.25, 0.3) is 11.1 Å². The fourth-order valence-electron chi connectivity index (χ4n) is 4.26. The standard InChI is InChI=1S/C24H15F6N3O4S/c25-23(26,27)15-3-2-13(16(9-15)24(28,29)30)11-32-17-4-1-12(7-14(17)10-31-32)8-19-20(34)33(22(36)38-19)18-5-6-37-21(18)35/h1-4,7-10,18H,5-6,11H2. The first kappa shape index (κ1) is 25.8. The summed E-state index contributed by atoms with van der Waals surface area (Å²) in [4.78, 5) is 37.9. The van der Waals surface area contributed by atoms with Crippen molar-refractivity contribution in [2.75, 3.05) is 6.61 Å². The number of amides is 2. The second kappa shape index (κ2) is 9.19. The maximum Gasteiger partial charge on any atom is 0.416 e. The molecule has 2 aromatic carbocycles. The van der Waals surface area contributed by atoms with E-state index < -0.39 is 58.7 Å². The van der Waals surface area contributed by atoms with Gasteiger partial charge in [0.15, 0.2) is 0 Å². The van der Waals surface area contributed by atoms with Crippen molar-refractivity contribution in [2.45, 2.75) is 31.4 Å². The molecule has 1 aromatic heterocycles. The van der Waals surface area contributed by atoms with Crippen LogP contribution >= 0.6 is 11.8 Å². The molecule has 2 amide bonds. The van der Waals surface area contributed by atoms with Crippen LogP contribution in [0, 0.1) is 0 Å². The van der Waals surface area contributed by atoms with Crippen LogP contribution in [0.15, 0.2) is 47.5 Å². The number of alkyl halides is 6. The topological polar surface area (TPSA) is 81.5 Å². The minimum absolute atomic E-state index is 0.0808. The number of benzene rings is 2. The van der Waals surface area contributed by atoms with E-state index in [1.54, 1.807) is 12.1 Å². The molecule has 2 saturated heterocycles. The van der Waals surface area contributed by atoms with Gasteiger partial charge < -0.3 is 4.74 Å². The van der Waals surface area contributed by atoms with E-state index in [-0.39, 0.29) is 24.0 Å². The molecule has 2 aliphatic heterocycles. The number of halogens is 6. The molecule has 7 nitrogen and oxygen atoms in total. The molecule has 0 bridgehead atoms. The van der Waals surface area contributed by atoms with Crippen molar-refractivity contribution in [3.63, 3.8) is 0 Å². The van der Waals surface area contributed by atoms with Crippen LogP contribution in [-0.2, 0) is 33.2 Å². The number of rotatable bonds is 4. The highest BCUT2D eigenvalue weighted by Gasteiger charge is 2.45. The van der Waals surface area contributed by atoms with Gasteiger partial charge in [-0.1, -0.05) is 12.1 Å². The van der Waals surface area contributed by atoms with Gasteiger partial charge in [-0.2, -0.15) is 31.4 Å². The summed E-state index contributed by atoms with van der Waals surface area (Å²) in [6.07, 6.45) is -6.91. The SMILES string of the molecule is O=C1OCCC1N1C(=O)SC(=Cc2ccc3c(cnn3Cc3ccc(C(F)(F)F)cc3C(F)(F)F)c2)C1=O. The van der Waals surface area contributed by atoms with Crippen molar-refractivity contribution in [1.29, 1.82) is 0 Å². The van der Waals surface area contributed by atoms with Crippen LogP contribution in [0.2, 0.25) is 0 Å². The van der Waals surface area contributed by atoms with Crippen molar-refractivity contribution >= 4 is 45.9 Å². The van der Waals surface area contributed by atoms with Crippen molar-refractivity contribution < 1.29 is 45.5 Å². The van der Waals surface area contributed by atoms with Gasteiger partial charge in [-0.3, -0.25) is 19.2 Å². The number of cyclic esters (lactones) is 1. The third-order valence-corrected chi connectivity index (χ3v) is 6.95. The molecule has 2 aliphatic rings. The third-order valence-electron chi connectivity index (χ3n) is 6.07. The summed E-state index contributed by atoms with van der Waals surface area (Å²) in [6, 6.07) is 5.16. The number of fused-ring (bicyclic) bond motifs is 1. The zero-order valence-corrected chi connectivity index (χ0v) is 19.8. The highest BCUT2D eigenvalue weighted by Crippen LogP contribution is 2.38. The quantitative estimate of drug-likeness (QED) is 0.241. The Morgan fingerprint density at radius 2 is 1.79 bits per heavy atom. The predicted octanol–water partition coefficient (Wildman–Crippen LogP) is 5.47. The maximum absolute atomic E-state index is 13.5. The van der Waals surface area contributed by atoms with Crippen molar-refractivity contribution in [3.8, 4) is 0 Å². The summed E-state index contributed by atoms with van der Waals surface area (Å²) in [6.45, 7) is -0.325. The number of esters is 1. The molecule has 3 aromatic rings. The van der Waals surface area contributed by atoms with Gasteiger partial charge in [-0.25, -0.2) is 4.79 Å². The van der Waals surface area contributed by atoms with Gasteiger partial charge in [-0.15, -0.1) is 0 Å². The summed E-state index contributed by atoms with van der Waals surface area (Å²) in [7, 11) is 0. The molecule has 0 saturated carbocycles. The van der Waals surface area contributed by atoms with Crippen molar-refractivity contribution in [2.24, 2.45) is 0 Å². The second-order valence-electron chi connectivity index (χ2n) is 8.51. The fourth-order valence-corrected chi connectivity index (χ4v) is 5.13. The Hall–Kier alpha value is -3.81. The van der Waals surface area contributed by atoms with Crippen LogP contribution in [0.25, 0.3) is 17.0 Å². The lowest BCUT2D eigenvalue weighted by molar-refractivity contribution is -0.144. The molecule has 5 rings (SSSR count). The molecule has 0 aliphatic carbocycles. The molecule has 1 unspecified atom stereocenters. The molecular weight excluding hydrogens is 540 g/mol. The van der Waals surface area contributed by atoms with E-state index in [9.17, 15) is 40.7 Å². The lowest BCUT2D eigenvalue weighted by Crippen LogP contribution is -2.41. The summed E-state index contributed by atoms with van der Waals surface area (Å²) < 4.78 is 85.5. The first-order valence-electron chi connectivity index (χ1n) is 11.0. The summed E-state index contributed by atoms with van der Waals surface area (Å²) >= 11 is 0.668. The number of hydrogen-bond donors (Lipinski definition) is 0. The predicted molar refractivity (Wildman–Crippen MR) is 122 cm³/mol. The summed E-state index contributed by atoms with van der Waals surface area (Å²) in [5, 5.41) is 3.96. The van der Waals surface area contributed by atoms with E-state index >= 15 is 0 Å². The Balaban J connectivity index is 1.42. The Morgan fingerprint density at radius 1 is 1.03 bits per heavy atom. The average Bonchev–Trinajstić information content (AvgIpc) is 3.50. The first-order valence-corrected chi connectivity index (χ1v) is 11.8. The maximum atomic E-state index is 13.5. The van der Waals surface area contributed by atoms with E-state index in [1.807, 2.05) is 0 Å². The number of carbonyl (C=O) groups is 3. The molecule has 3 heterocycles. The van der Waals surface area contributed by atoms with Crippen LogP contribution in [0.4, 0.5) is 31.1 Å². The molecule has 0 spiro atoms. The first-order chi connectivity index (χ1) is 17.8. The highest BCUT2D eigenvalue weighted by molar-refractivity contribution is 8.18. The third kappa shape index (κ3) is 4.75. The monoisotopic (exact) mass is 555 g/mol. The van der Waals surface area contributed by atoms with Crippen LogP contribution in [0.5, 0.6) is 0 Å². The van der Waals surface area contributed by atoms with Crippen LogP contribution in [-0.4, -0.2) is 44.4 Å². The minimum Gasteiger partial charge on any atom is -0.464 e. The van der Waals surface area contributed by atoms with Gasteiger partial charge in [0.2, 0.25) is 0 Å². The molecule has 2 fully saturated rings. The Labute approximate surface area is 214 Å². The molecule has 0 radical (unpaired) electrons. The minimum atomic E-state index is -5.01. The zero-order chi connectivity index (χ0) is 27.4. The molecule has 1 atom stereocenters. The number of ether oxygens (including phenoxy) is 1. The smallest absolute Gasteiger partial charge is 0.416 e. The van der Waals surface area contributed by atoms with E-state index in [0.29, 0.717) is 34.3 Å². The molecule has 38 heavy (non-hydrogen) atoms. The Morgan fingerprint density at radius 3 is 2.45 bits per heavy atom. The van der Waals surface area contributed by atoms with Gasteiger partial charge in [-0.05, 0) is 53.2 Å². The fraction of sp³-hybridized carbons (Fsp3) is 0.250. The highest BCUT2D eigenvalue weighted by atomic mass is 32.2. The normalized spacial score (nSPS) is 19.7. The zero-order valence-electron chi connectivity index (χ0n) is 19.0. The van der Waals surface area contributed by atoms with E-state index in [2.05, 4.69) is 5.10 Å². The molecule has 14 heteroatoms. The summed E-state index contributed by atoms with van der Waals surface area (Å²) in [5.74, 6) is -1.29. The number of imide groups is 1. The van der Waals surface area contributed by atoms with Crippen molar-refractivity contribution in [1.82, 2.24) is 14.7 Å². The van der Waals surface area contributed by atoms with Crippen LogP contribution in [0.1, 0.15) is 28.7 Å². The number of hydrogen-bond acceptors (Lipinski definition) is 6. The summed E-state index contributed by atoms with van der Waals surface area (Å²) in [5.41, 5.74) is -2.31. The average molecular weight is 555 g/mol. The van der Waals surface area contributed by atoms with Gasteiger partial charge >= 0.3 is 18.3 Å². The number of nitrogens with zero attached hydrogens (tertiary/aromatic N) is 3. The van der Waals surface area contributed by atoms with Gasteiger partial charge in [0.1, 0.15) is 6.04 Å². The molecule has 0 N–H and O–H groups in total. The number of thioether (sulfide) groups is 1. The number of carbonyl (C=O) groups excluding carboxylic acids is 3. The van der Waals surface area contributed by atoms with E-state index in [0.717, 1.165) is 11.0 Å². The van der Waals surface area contributed by atoms with E-state index in [1.165, 1.54) is 23.0 Å².